The molecule has 0 radical (unpaired) electrons. The van der Waals surface area contributed by atoms with Crippen LogP contribution in [0.25, 0.3) is 0 Å². The Morgan fingerprint density at radius 2 is 1.82 bits per heavy atom. The normalized spacial score (nSPS) is 13.2. The molecule has 0 heterocycles. The van der Waals surface area contributed by atoms with Gasteiger partial charge in [0, 0.05) is 45.8 Å². The van der Waals surface area contributed by atoms with Crippen LogP contribution in [0.15, 0.2) is 0 Å². The van der Waals surface area contributed by atoms with E-state index in [0.29, 0.717) is 0 Å². The van der Waals surface area contributed by atoms with E-state index in [4.69, 9.17) is 9.47 Å². The third-order valence-corrected chi connectivity index (χ3v) is 3.78. The average Bonchev–Trinajstić information content (AvgIpc) is 2.35. The summed E-state index contributed by atoms with van der Waals surface area (Å²) >= 11 is 3.61. The van der Waals surface area contributed by atoms with Gasteiger partial charge in [-0.25, -0.2) is 0 Å². The average molecular weight is 310 g/mol. The first-order valence-corrected chi connectivity index (χ1v) is 7.66. The summed E-state index contributed by atoms with van der Waals surface area (Å²) in [5.74, 6) is 0.749. The van der Waals surface area contributed by atoms with Gasteiger partial charge in [0.15, 0.2) is 0 Å². The van der Waals surface area contributed by atoms with E-state index in [1.54, 1.807) is 14.2 Å². The van der Waals surface area contributed by atoms with E-state index >= 15 is 0 Å². The molecule has 0 saturated carbocycles. The third kappa shape index (κ3) is 10.0. The molecule has 0 N–H and O–H groups in total. The lowest BCUT2D eigenvalue weighted by Gasteiger charge is -2.26. The highest BCUT2D eigenvalue weighted by Crippen LogP contribution is 2.12. The molecule has 1 atom stereocenters. The Labute approximate surface area is 115 Å². The molecule has 0 aromatic carbocycles. The number of rotatable bonds is 12. The molecule has 0 bridgehead atoms. The lowest BCUT2D eigenvalue weighted by molar-refractivity contribution is 0.123. The molecule has 104 valence electrons. The molecule has 0 spiro atoms. The fraction of sp³-hybridized carbons (Fsp3) is 1.00. The van der Waals surface area contributed by atoms with Crippen LogP contribution in [0.4, 0.5) is 0 Å². The van der Waals surface area contributed by atoms with Crippen LogP contribution in [-0.2, 0) is 9.47 Å². The Morgan fingerprint density at radius 1 is 1.12 bits per heavy atom. The second kappa shape index (κ2) is 12.8. The Kier molecular flexibility index (Phi) is 13.1. The van der Waals surface area contributed by atoms with Gasteiger partial charge in [-0.05, 0) is 18.8 Å². The smallest absolute Gasteiger partial charge is 0.0589 e. The second-order valence-corrected chi connectivity index (χ2v) is 5.10. The SMILES string of the molecule is CCCC(CBr)CN(CCCOC)CCOC. The van der Waals surface area contributed by atoms with Gasteiger partial charge in [0.1, 0.15) is 0 Å². The second-order valence-electron chi connectivity index (χ2n) is 4.45. The van der Waals surface area contributed by atoms with Crippen molar-refractivity contribution in [3.05, 3.63) is 0 Å². The molecule has 17 heavy (non-hydrogen) atoms. The van der Waals surface area contributed by atoms with Crippen molar-refractivity contribution >= 4 is 15.9 Å². The van der Waals surface area contributed by atoms with Gasteiger partial charge in [-0.1, -0.05) is 29.3 Å². The van der Waals surface area contributed by atoms with Crippen LogP contribution in [0.1, 0.15) is 26.2 Å². The molecule has 0 aromatic heterocycles. The Bertz CT molecular complexity index is 158. The zero-order valence-corrected chi connectivity index (χ0v) is 13.2. The first-order chi connectivity index (χ1) is 8.28. The van der Waals surface area contributed by atoms with Crippen LogP contribution >= 0.6 is 15.9 Å². The number of alkyl halides is 1. The molecule has 3 nitrogen and oxygen atoms in total. The third-order valence-electron chi connectivity index (χ3n) is 2.87. The lowest BCUT2D eigenvalue weighted by atomic mass is 10.1. The number of nitrogens with zero attached hydrogens (tertiary/aromatic N) is 1. The van der Waals surface area contributed by atoms with Crippen molar-refractivity contribution in [2.45, 2.75) is 26.2 Å². The minimum atomic E-state index is 0.749. The van der Waals surface area contributed by atoms with Gasteiger partial charge in [0.05, 0.1) is 6.61 Å². The highest BCUT2D eigenvalue weighted by atomic mass is 79.9. The molecule has 0 rings (SSSR count). The largest absolute Gasteiger partial charge is 0.385 e. The predicted octanol–water partition coefficient (Wildman–Crippen LogP) is 2.78. The molecule has 0 aromatic rings. The maximum Gasteiger partial charge on any atom is 0.0589 e. The maximum atomic E-state index is 5.17. The lowest BCUT2D eigenvalue weighted by Crippen LogP contribution is -2.34. The number of hydrogen-bond acceptors (Lipinski definition) is 3. The highest BCUT2D eigenvalue weighted by molar-refractivity contribution is 9.09. The summed E-state index contributed by atoms with van der Waals surface area (Å²) in [6.45, 7) is 7.19. The Hall–Kier alpha value is 0.360. The molecule has 4 heteroatoms. The number of ether oxygens (including phenoxy) is 2. The first kappa shape index (κ1) is 17.4. The van der Waals surface area contributed by atoms with E-state index in [-0.39, 0.29) is 0 Å². The maximum absolute atomic E-state index is 5.17. The van der Waals surface area contributed by atoms with Gasteiger partial charge < -0.3 is 14.4 Å². The zero-order valence-electron chi connectivity index (χ0n) is 11.6. The summed E-state index contributed by atoms with van der Waals surface area (Å²) in [6.07, 6.45) is 3.65. The topological polar surface area (TPSA) is 21.7 Å². The number of halogens is 1. The van der Waals surface area contributed by atoms with Gasteiger partial charge in [-0.2, -0.15) is 0 Å². The van der Waals surface area contributed by atoms with Gasteiger partial charge in [0.25, 0.3) is 0 Å². The Morgan fingerprint density at radius 3 is 2.35 bits per heavy atom. The van der Waals surface area contributed by atoms with E-state index in [0.717, 1.165) is 50.5 Å². The molecular formula is C13H28BrNO2. The van der Waals surface area contributed by atoms with Crippen LogP contribution in [0.2, 0.25) is 0 Å². The summed E-state index contributed by atoms with van der Waals surface area (Å²) in [6, 6.07) is 0. The van der Waals surface area contributed by atoms with Crippen LogP contribution < -0.4 is 0 Å². The Balaban J connectivity index is 3.95. The zero-order chi connectivity index (χ0) is 12.9. The van der Waals surface area contributed by atoms with Crippen LogP contribution in [-0.4, -0.2) is 57.3 Å². The fourth-order valence-electron chi connectivity index (χ4n) is 1.94. The summed E-state index contributed by atoms with van der Waals surface area (Å²) in [7, 11) is 3.53. The van der Waals surface area contributed by atoms with Gasteiger partial charge in [0.2, 0.25) is 0 Å². The molecule has 0 saturated heterocycles. The van der Waals surface area contributed by atoms with Crippen molar-refractivity contribution in [2.75, 3.05) is 52.4 Å². The summed E-state index contributed by atoms with van der Waals surface area (Å²) in [5, 5.41) is 1.09. The summed E-state index contributed by atoms with van der Waals surface area (Å²) < 4.78 is 10.3. The minimum Gasteiger partial charge on any atom is -0.385 e. The van der Waals surface area contributed by atoms with Gasteiger partial charge >= 0.3 is 0 Å². The fourth-order valence-corrected chi connectivity index (χ4v) is 2.47. The van der Waals surface area contributed by atoms with Crippen molar-refractivity contribution in [3.63, 3.8) is 0 Å². The van der Waals surface area contributed by atoms with Crippen molar-refractivity contribution in [1.82, 2.24) is 4.90 Å². The van der Waals surface area contributed by atoms with Crippen LogP contribution in [0, 0.1) is 5.92 Å². The first-order valence-electron chi connectivity index (χ1n) is 6.54. The van der Waals surface area contributed by atoms with Crippen molar-refractivity contribution < 1.29 is 9.47 Å². The molecular weight excluding hydrogens is 282 g/mol. The highest BCUT2D eigenvalue weighted by Gasteiger charge is 2.12. The molecule has 0 fully saturated rings. The quantitative estimate of drug-likeness (QED) is 0.409. The van der Waals surface area contributed by atoms with Crippen molar-refractivity contribution in [2.24, 2.45) is 5.92 Å². The summed E-state index contributed by atoms with van der Waals surface area (Å²) in [5.41, 5.74) is 0. The van der Waals surface area contributed by atoms with Crippen LogP contribution in [0.3, 0.4) is 0 Å². The molecule has 0 amide bonds. The number of hydrogen-bond donors (Lipinski definition) is 0. The summed E-state index contributed by atoms with van der Waals surface area (Å²) in [4.78, 5) is 2.49. The van der Waals surface area contributed by atoms with E-state index in [2.05, 4.69) is 27.8 Å². The van der Waals surface area contributed by atoms with Gasteiger partial charge in [-0.15, -0.1) is 0 Å². The predicted molar refractivity (Wildman–Crippen MR) is 77.0 cm³/mol. The van der Waals surface area contributed by atoms with Crippen LogP contribution in [0.5, 0.6) is 0 Å². The number of methoxy groups -OCH3 is 2. The van der Waals surface area contributed by atoms with Crippen molar-refractivity contribution in [3.8, 4) is 0 Å². The standard InChI is InChI=1S/C13H28BrNO2/c1-4-6-13(11-14)12-15(8-10-17-3)7-5-9-16-2/h13H,4-12H2,1-3H3. The monoisotopic (exact) mass is 309 g/mol. The van der Waals surface area contributed by atoms with Crippen molar-refractivity contribution in [1.29, 1.82) is 0 Å². The molecule has 0 aliphatic rings. The molecule has 0 aliphatic heterocycles. The van der Waals surface area contributed by atoms with E-state index in [1.165, 1.54) is 12.8 Å². The minimum absolute atomic E-state index is 0.749. The van der Waals surface area contributed by atoms with Gasteiger partial charge in [-0.3, -0.25) is 0 Å². The van der Waals surface area contributed by atoms with E-state index in [9.17, 15) is 0 Å². The van der Waals surface area contributed by atoms with E-state index < -0.39 is 0 Å². The molecule has 1 unspecified atom stereocenters. The van der Waals surface area contributed by atoms with E-state index in [1.807, 2.05) is 0 Å². The molecule has 0 aliphatic carbocycles.